The number of amides is 1. The van der Waals surface area contributed by atoms with Gasteiger partial charge in [-0.15, -0.1) is 0 Å². The minimum Gasteiger partial charge on any atom is -0.497 e. The zero-order chi connectivity index (χ0) is 24.7. The Balaban J connectivity index is 1.54. The number of benzene rings is 2. The molecular formula is C26H28ClN3O4. The van der Waals surface area contributed by atoms with Gasteiger partial charge in [0, 0.05) is 35.9 Å². The van der Waals surface area contributed by atoms with E-state index in [9.17, 15) is 9.59 Å². The molecule has 1 amide bonds. The average Bonchev–Trinajstić information content (AvgIpc) is 3.10. The van der Waals surface area contributed by atoms with Gasteiger partial charge in [0.1, 0.15) is 5.75 Å². The first kappa shape index (κ1) is 25.1. The summed E-state index contributed by atoms with van der Waals surface area (Å²) < 4.78 is 12.1. The lowest BCUT2D eigenvalue weighted by Crippen LogP contribution is -2.30. The largest absolute Gasteiger partial charge is 0.497 e. The molecule has 0 spiro atoms. The maximum atomic E-state index is 12.3. The van der Waals surface area contributed by atoms with Crippen LogP contribution in [0.4, 0.5) is 0 Å². The van der Waals surface area contributed by atoms with Crippen LogP contribution in [0.2, 0.25) is 5.02 Å². The first-order valence-corrected chi connectivity index (χ1v) is 11.2. The number of carbonyl (C=O) groups is 2. The summed E-state index contributed by atoms with van der Waals surface area (Å²) in [5.74, 6) is -0.139. The average molecular weight is 482 g/mol. The van der Waals surface area contributed by atoms with Gasteiger partial charge in [-0.1, -0.05) is 41.9 Å². The molecule has 3 rings (SSSR count). The molecule has 0 saturated heterocycles. The van der Waals surface area contributed by atoms with E-state index in [-0.39, 0.29) is 12.5 Å². The molecule has 0 aliphatic carbocycles. The van der Waals surface area contributed by atoms with E-state index in [2.05, 4.69) is 5.10 Å². The quantitative estimate of drug-likeness (QED) is 0.334. The number of likely N-dealkylation sites (N-methyl/N-ethyl adjacent to an activating group) is 1. The van der Waals surface area contributed by atoms with Crippen molar-refractivity contribution in [1.82, 2.24) is 14.7 Å². The predicted octanol–water partition coefficient (Wildman–Crippen LogP) is 4.43. The summed E-state index contributed by atoms with van der Waals surface area (Å²) in [5, 5.41) is 5.24. The van der Waals surface area contributed by atoms with Gasteiger partial charge in [-0.25, -0.2) is 4.79 Å². The number of hydrogen-bond acceptors (Lipinski definition) is 5. The Kier molecular flexibility index (Phi) is 8.49. The SMILES string of the molecule is COc1ccc(CN(C)C(=O)COC(=O)/C=C/c2c(C)nn(Cc3ccccc3Cl)c2C)cc1. The number of esters is 1. The first-order valence-electron chi connectivity index (χ1n) is 10.8. The second kappa shape index (κ2) is 11.5. The molecule has 2 aromatic carbocycles. The number of aromatic nitrogens is 2. The van der Waals surface area contributed by atoms with Crippen LogP contribution in [0.15, 0.2) is 54.6 Å². The van der Waals surface area contributed by atoms with Crippen LogP contribution < -0.4 is 4.74 Å². The molecule has 0 bridgehead atoms. The number of halogens is 1. The lowest BCUT2D eigenvalue weighted by Gasteiger charge is -2.17. The van der Waals surface area contributed by atoms with E-state index < -0.39 is 5.97 Å². The van der Waals surface area contributed by atoms with Crippen LogP contribution in [0.3, 0.4) is 0 Å². The third-order valence-electron chi connectivity index (χ3n) is 5.44. The molecule has 3 aromatic rings. The minimum atomic E-state index is -0.594. The van der Waals surface area contributed by atoms with Gasteiger partial charge in [-0.2, -0.15) is 5.10 Å². The molecule has 0 atom stereocenters. The van der Waals surface area contributed by atoms with Crippen LogP contribution in [0.1, 0.15) is 28.1 Å². The second-order valence-corrected chi connectivity index (χ2v) is 8.28. The fourth-order valence-electron chi connectivity index (χ4n) is 3.43. The van der Waals surface area contributed by atoms with Crippen molar-refractivity contribution in [2.45, 2.75) is 26.9 Å². The Hall–Kier alpha value is -3.58. The fourth-order valence-corrected chi connectivity index (χ4v) is 3.62. The number of nitrogens with zero attached hydrogens (tertiary/aromatic N) is 3. The molecule has 0 N–H and O–H groups in total. The molecular weight excluding hydrogens is 454 g/mol. The molecule has 0 radical (unpaired) electrons. The van der Waals surface area contributed by atoms with Crippen molar-refractivity contribution in [3.8, 4) is 5.75 Å². The van der Waals surface area contributed by atoms with Gasteiger partial charge in [-0.3, -0.25) is 9.48 Å². The number of ether oxygens (including phenoxy) is 2. The smallest absolute Gasteiger partial charge is 0.331 e. The van der Waals surface area contributed by atoms with Crippen molar-refractivity contribution in [2.75, 3.05) is 20.8 Å². The zero-order valence-corrected chi connectivity index (χ0v) is 20.5. The highest BCUT2D eigenvalue weighted by Crippen LogP contribution is 2.20. The highest BCUT2D eigenvalue weighted by atomic mass is 35.5. The minimum absolute atomic E-state index is 0.294. The molecule has 1 heterocycles. The number of aryl methyl sites for hydroxylation is 1. The first-order chi connectivity index (χ1) is 16.3. The molecule has 0 fully saturated rings. The number of hydrogen-bond donors (Lipinski definition) is 0. The number of methoxy groups -OCH3 is 1. The summed E-state index contributed by atoms with van der Waals surface area (Å²) in [4.78, 5) is 26.0. The van der Waals surface area contributed by atoms with Gasteiger partial charge in [-0.05, 0) is 49.2 Å². The van der Waals surface area contributed by atoms with Crippen molar-refractivity contribution in [3.05, 3.63) is 87.7 Å². The van der Waals surface area contributed by atoms with Crippen molar-refractivity contribution >= 4 is 29.6 Å². The Morgan fingerprint density at radius 1 is 1.12 bits per heavy atom. The summed E-state index contributed by atoms with van der Waals surface area (Å²) in [6.45, 7) is 4.40. The molecule has 0 saturated carbocycles. The summed E-state index contributed by atoms with van der Waals surface area (Å²) in [6, 6.07) is 15.0. The maximum Gasteiger partial charge on any atom is 0.331 e. The van der Waals surface area contributed by atoms with Gasteiger partial charge < -0.3 is 14.4 Å². The van der Waals surface area contributed by atoms with Crippen molar-refractivity contribution < 1.29 is 19.1 Å². The van der Waals surface area contributed by atoms with E-state index in [1.807, 2.05) is 67.1 Å². The third-order valence-corrected chi connectivity index (χ3v) is 5.81. The second-order valence-electron chi connectivity index (χ2n) is 7.87. The van der Waals surface area contributed by atoms with Crippen LogP contribution in [0.5, 0.6) is 5.75 Å². The molecule has 34 heavy (non-hydrogen) atoms. The number of carbonyl (C=O) groups excluding carboxylic acids is 2. The van der Waals surface area contributed by atoms with Crippen LogP contribution in [-0.4, -0.2) is 47.3 Å². The van der Waals surface area contributed by atoms with Crippen molar-refractivity contribution in [1.29, 1.82) is 0 Å². The lowest BCUT2D eigenvalue weighted by molar-refractivity contribution is -0.147. The van der Waals surface area contributed by atoms with Crippen LogP contribution >= 0.6 is 11.6 Å². The molecule has 0 aliphatic rings. The third kappa shape index (κ3) is 6.48. The van der Waals surface area contributed by atoms with Gasteiger partial charge in [0.25, 0.3) is 5.91 Å². The van der Waals surface area contributed by atoms with Crippen molar-refractivity contribution in [2.24, 2.45) is 0 Å². The molecule has 0 unspecified atom stereocenters. The maximum absolute atomic E-state index is 12.3. The van der Waals surface area contributed by atoms with Gasteiger partial charge in [0.05, 0.1) is 19.3 Å². The van der Waals surface area contributed by atoms with E-state index in [0.29, 0.717) is 18.1 Å². The van der Waals surface area contributed by atoms with Crippen LogP contribution in [0.25, 0.3) is 6.08 Å². The van der Waals surface area contributed by atoms with Crippen LogP contribution in [0, 0.1) is 13.8 Å². The Morgan fingerprint density at radius 3 is 2.50 bits per heavy atom. The predicted molar refractivity (Wildman–Crippen MR) is 132 cm³/mol. The standard InChI is InChI=1S/C26H28ClN3O4/c1-18-23(19(2)30(28-18)16-21-7-5-6-8-24(21)27)13-14-26(32)34-17-25(31)29(3)15-20-9-11-22(33-4)12-10-20/h5-14H,15-17H2,1-4H3/b14-13+. The summed E-state index contributed by atoms with van der Waals surface area (Å²) in [7, 11) is 3.26. The van der Waals surface area contributed by atoms with E-state index in [4.69, 9.17) is 21.1 Å². The summed E-state index contributed by atoms with van der Waals surface area (Å²) >= 11 is 6.26. The van der Waals surface area contributed by atoms with E-state index in [1.165, 1.54) is 11.0 Å². The molecule has 178 valence electrons. The zero-order valence-electron chi connectivity index (χ0n) is 19.7. The monoisotopic (exact) mass is 481 g/mol. The molecule has 8 heteroatoms. The van der Waals surface area contributed by atoms with Gasteiger partial charge >= 0.3 is 5.97 Å². The number of rotatable bonds is 9. The molecule has 1 aromatic heterocycles. The van der Waals surface area contributed by atoms with E-state index in [0.717, 1.165) is 33.8 Å². The van der Waals surface area contributed by atoms with Gasteiger partial charge in [0.15, 0.2) is 6.61 Å². The topological polar surface area (TPSA) is 73.7 Å². The summed E-state index contributed by atoms with van der Waals surface area (Å²) in [6.07, 6.45) is 2.97. The van der Waals surface area contributed by atoms with E-state index in [1.54, 1.807) is 20.2 Å². The molecule has 7 nitrogen and oxygen atoms in total. The summed E-state index contributed by atoms with van der Waals surface area (Å²) in [5.41, 5.74) is 4.41. The Labute approximate surface area is 204 Å². The highest BCUT2D eigenvalue weighted by Gasteiger charge is 2.13. The lowest BCUT2D eigenvalue weighted by atomic mass is 10.1. The van der Waals surface area contributed by atoms with Crippen LogP contribution in [-0.2, 0) is 27.4 Å². The molecule has 0 aliphatic heterocycles. The Morgan fingerprint density at radius 2 is 1.82 bits per heavy atom. The van der Waals surface area contributed by atoms with E-state index >= 15 is 0 Å². The van der Waals surface area contributed by atoms with Gasteiger partial charge in [0.2, 0.25) is 0 Å². The highest BCUT2D eigenvalue weighted by molar-refractivity contribution is 6.31. The normalized spacial score (nSPS) is 11.0. The fraction of sp³-hybridized carbons (Fsp3) is 0.269. The van der Waals surface area contributed by atoms with Crippen molar-refractivity contribution in [3.63, 3.8) is 0 Å². The Bertz CT molecular complexity index is 1190.